The van der Waals surface area contributed by atoms with Crippen LogP contribution in [0.5, 0.6) is 0 Å². The van der Waals surface area contributed by atoms with Crippen LogP contribution in [0.4, 0.5) is 0 Å². The summed E-state index contributed by atoms with van der Waals surface area (Å²) in [6, 6.07) is 0.486. The Morgan fingerprint density at radius 3 is 2.33 bits per heavy atom. The van der Waals surface area contributed by atoms with E-state index < -0.39 is 10.0 Å². The summed E-state index contributed by atoms with van der Waals surface area (Å²) >= 11 is 0. The van der Waals surface area contributed by atoms with Crippen LogP contribution < -0.4 is 5.32 Å². The van der Waals surface area contributed by atoms with Crippen molar-refractivity contribution < 1.29 is 13.2 Å². The van der Waals surface area contributed by atoms with Crippen molar-refractivity contribution >= 4 is 15.9 Å². The molecule has 21 heavy (non-hydrogen) atoms. The van der Waals surface area contributed by atoms with Crippen molar-refractivity contribution in [2.45, 2.75) is 45.1 Å². The molecule has 2 aliphatic rings. The van der Waals surface area contributed by atoms with Crippen molar-refractivity contribution in [3.8, 4) is 0 Å². The van der Waals surface area contributed by atoms with Gasteiger partial charge in [-0.05, 0) is 19.3 Å². The number of amides is 1. The second kappa shape index (κ2) is 7.56. The number of nitrogens with zero attached hydrogens (tertiary/aromatic N) is 2. The average molecular weight is 317 g/mol. The number of sulfonamides is 1. The van der Waals surface area contributed by atoms with E-state index in [9.17, 15) is 13.2 Å². The topological polar surface area (TPSA) is 69.7 Å². The average Bonchev–Trinajstić information content (AvgIpc) is 2.98. The van der Waals surface area contributed by atoms with Crippen LogP contribution in [0.3, 0.4) is 0 Å². The van der Waals surface area contributed by atoms with Crippen molar-refractivity contribution in [3.63, 3.8) is 0 Å². The van der Waals surface area contributed by atoms with Gasteiger partial charge in [0.1, 0.15) is 0 Å². The molecule has 2 rings (SSSR count). The molecule has 0 bridgehead atoms. The third-order valence-corrected chi connectivity index (χ3v) is 6.42. The zero-order valence-electron chi connectivity index (χ0n) is 12.9. The maximum Gasteiger partial charge on any atom is 0.236 e. The molecular weight excluding hydrogens is 290 g/mol. The molecule has 0 radical (unpaired) electrons. The van der Waals surface area contributed by atoms with Gasteiger partial charge in [-0.2, -0.15) is 4.31 Å². The van der Waals surface area contributed by atoms with E-state index in [1.165, 1.54) is 17.1 Å². The maximum atomic E-state index is 12.1. The summed E-state index contributed by atoms with van der Waals surface area (Å²) in [7, 11) is -3.13. The summed E-state index contributed by atoms with van der Waals surface area (Å²) < 4.78 is 25.5. The highest BCUT2D eigenvalue weighted by molar-refractivity contribution is 7.89. The predicted molar refractivity (Wildman–Crippen MR) is 82.5 cm³/mol. The van der Waals surface area contributed by atoms with E-state index in [0.717, 1.165) is 12.8 Å². The molecule has 1 heterocycles. The van der Waals surface area contributed by atoms with Gasteiger partial charge in [-0.3, -0.25) is 4.79 Å². The van der Waals surface area contributed by atoms with Gasteiger partial charge in [0, 0.05) is 32.2 Å². The molecule has 0 spiro atoms. The number of piperazine rings is 1. The van der Waals surface area contributed by atoms with Crippen molar-refractivity contribution in [2.24, 2.45) is 0 Å². The Morgan fingerprint density at radius 2 is 1.76 bits per heavy atom. The second-order valence-corrected chi connectivity index (χ2v) is 8.05. The molecule has 1 aliphatic heterocycles. The molecular formula is C14H27N3O3S. The lowest BCUT2D eigenvalue weighted by molar-refractivity contribution is -0.131. The van der Waals surface area contributed by atoms with Gasteiger partial charge < -0.3 is 10.2 Å². The van der Waals surface area contributed by atoms with Crippen LogP contribution in [-0.2, 0) is 14.8 Å². The highest BCUT2D eigenvalue weighted by atomic mass is 32.2. The van der Waals surface area contributed by atoms with Crippen LogP contribution in [0.15, 0.2) is 0 Å². The van der Waals surface area contributed by atoms with Gasteiger partial charge in [-0.15, -0.1) is 0 Å². The molecule has 2 fully saturated rings. The van der Waals surface area contributed by atoms with Crippen molar-refractivity contribution in [1.82, 2.24) is 14.5 Å². The smallest absolute Gasteiger partial charge is 0.236 e. The Kier molecular flexibility index (Phi) is 6.01. The molecule has 0 unspecified atom stereocenters. The van der Waals surface area contributed by atoms with Gasteiger partial charge in [0.2, 0.25) is 15.9 Å². The second-order valence-electron chi connectivity index (χ2n) is 5.96. The van der Waals surface area contributed by atoms with Crippen molar-refractivity contribution in [1.29, 1.82) is 0 Å². The standard InChI is InChI=1S/C14H27N3O3S/c1-2-11-21(19,20)17-9-7-16(8-10-17)14(18)12-15-13-5-3-4-6-13/h13,15H,2-12H2,1H3. The summed E-state index contributed by atoms with van der Waals surface area (Å²) in [6.45, 7) is 4.12. The van der Waals surface area contributed by atoms with E-state index in [0.29, 0.717) is 45.2 Å². The minimum absolute atomic E-state index is 0.0921. The fraction of sp³-hybridized carbons (Fsp3) is 0.929. The summed E-state index contributed by atoms with van der Waals surface area (Å²) in [5.74, 6) is 0.291. The van der Waals surface area contributed by atoms with Gasteiger partial charge >= 0.3 is 0 Å². The summed E-state index contributed by atoms with van der Waals surface area (Å²) in [5.41, 5.74) is 0. The molecule has 1 N–H and O–H groups in total. The molecule has 0 aromatic rings. The first-order chi connectivity index (χ1) is 10.0. The van der Waals surface area contributed by atoms with Crippen LogP contribution in [0.2, 0.25) is 0 Å². The van der Waals surface area contributed by atoms with Crippen LogP contribution in [0.25, 0.3) is 0 Å². The predicted octanol–water partition coefficient (Wildman–Crippen LogP) is 0.403. The Labute approximate surface area is 127 Å². The zero-order valence-corrected chi connectivity index (χ0v) is 13.7. The fourth-order valence-electron chi connectivity index (χ4n) is 3.08. The first kappa shape index (κ1) is 16.7. The number of rotatable bonds is 6. The summed E-state index contributed by atoms with van der Waals surface area (Å²) in [6.07, 6.45) is 5.46. The Hall–Kier alpha value is -0.660. The highest BCUT2D eigenvalue weighted by Gasteiger charge is 2.28. The van der Waals surface area contributed by atoms with Gasteiger partial charge in [0.25, 0.3) is 0 Å². The van der Waals surface area contributed by atoms with E-state index in [2.05, 4.69) is 5.32 Å². The normalized spacial score (nSPS) is 21.9. The molecule has 1 saturated carbocycles. The number of hydrogen-bond acceptors (Lipinski definition) is 4. The SMILES string of the molecule is CCCS(=O)(=O)N1CCN(C(=O)CNC2CCCC2)CC1. The quantitative estimate of drug-likeness (QED) is 0.770. The lowest BCUT2D eigenvalue weighted by atomic mass is 10.2. The van der Waals surface area contributed by atoms with Crippen LogP contribution in [0, 0.1) is 0 Å². The fourth-order valence-corrected chi connectivity index (χ4v) is 4.57. The highest BCUT2D eigenvalue weighted by Crippen LogP contribution is 2.17. The van der Waals surface area contributed by atoms with Crippen molar-refractivity contribution in [3.05, 3.63) is 0 Å². The third-order valence-electron chi connectivity index (χ3n) is 4.34. The summed E-state index contributed by atoms with van der Waals surface area (Å²) in [5, 5.41) is 3.32. The molecule has 1 aliphatic carbocycles. The van der Waals surface area contributed by atoms with Crippen LogP contribution in [0.1, 0.15) is 39.0 Å². The van der Waals surface area contributed by atoms with Gasteiger partial charge in [0.15, 0.2) is 0 Å². The monoisotopic (exact) mass is 317 g/mol. The lowest BCUT2D eigenvalue weighted by Crippen LogP contribution is -2.53. The molecule has 6 nitrogen and oxygen atoms in total. The van der Waals surface area contributed by atoms with E-state index in [1.807, 2.05) is 6.92 Å². The molecule has 1 amide bonds. The maximum absolute atomic E-state index is 12.1. The van der Waals surface area contributed by atoms with E-state index >= 15 is 0 Å². The summed E-state index contributed by atoms with van der Waals surface area (Å²) in [4.78, 5) is 13.9. The minimum Gasteiger partial charge on any atom is -0.339 e. The number of hydrogen-bond donors (Lipinski definition) is 1. The largest absolute Gasteiger partial charge is 0.339 e. The molecule has 0 aromatic carbocycles. The number of carbonyl (C=O) groups excluding carboxylic acids is 1. The third kappa shape index (κ3) is 4.66. The zero-order chi connectivity index (χ0) is 15.3. The van der Waals surface area contributed by atoms with E-state index in [1.54, 1.807) is 4.90 Å². The van der Waals surface area contributed by atoms with Gasteiger partial charge in [-0.25, -0.2) is 8.42 Å². The molecule has 0 aromatic heterocycles. The first-order valence-electron chi connectivity index (χ1n) is 8.02. The molecule has 7 heteroatoms. The Morgan fingerprint density at radius 1 is 1.14 bits per heavy atom. The molecule has 1 saturated heterocycles. The Bertz CT molecular complexity index is 438. The van der Waals surface area contributed by atoms with Gasteiger partial charge in [0.05, 0.1) is 12.3 Å². The molecule has 122 valence electrons. The van der Waals surface area contributed by atoms with E-state index in [-0.39, 0.29) is 11.7 Å². The molecule has 0 atom stereocenters. The van der Waals surface area contributed by atoms with Crippen LogP contribution >= 0.6 is 0 Å². The van der Waals surface area contributed by atoms with Crippen LogP contribution in [-0.4, -0.2) is 68.0 Å². The lowest BCUT2D eigenvalue weighted by Gasteiger charge is -2.34. The number of carbonyl (C=O) groups is 1. The Balaban J connectivity index is 1.73. The first-order valence-corrected chi connectivity index (χ1v) is 9.63. The minimum atomic E-state index is -3.13. The van der Waals surface area contributed by atoms with E-state index in [4.69, 9.17) is 0 Å². The number of nitrogens with one attached hydrogen (secondary N) is 1. The van der Waals surface area contributed by atoms with Gasteiger partial charge in [-0.1, -0.05) is 19.8 Å². The van der Waals surface area contributed by atoms with Crippen molar-refractivity contribution in [2.75, 3.05) is 38.5 Å².